The van der Waals surface area contributed by atoms with Crippen LogP contribution in [0.1, 0.15) is 22.0 Å². The summed E-state index contributed by atoms with van der Waals surface area (Å²) in [5.74, 6) is -1.77. The molecule has 4 rings (SSSR count). The SMILES string of the molecule is O=C1NCCN(C(=O)c2cn[nH]c2-c2cccc(F)c2)[C@H]1c1cccc(F)c1. The summed E-state index contributed by atoms with van der Waals surface area (Å²) in [6, 6.07) is 10.4. The van der Waals surface area contributed by atoms with Crippen LogP contribution in [0.25, 0.3) is 11.3 Å². The lowest BCUT2D eigenvalue weighted by Gasteiger charge is -2.35. The highest BCUT2D eigenvalue weighted by molar-refractivity contribution is 6.02. The minimum Gasteiger partial charge on any atom is -0.352 e. The van der Waals surface area contributed by atoms with Crippen molar-refractivity contribution in [2.45, 2.75) is 6.04 Å². The molecule has 1 fully saturated rings. The topological polar surface area (TPSA) is 78.1 Å². The summed E-state index contributed by atoms with van der Waals surface area (Å²) in [5, 5.41) is 9.34. The fourth-order valence-corrected chi connectivity index (χ4v) is 3.36. The molecule has 2 heterocycles. The minimum atomic E-state index is -0.966. The molecule has 0 saturated carbocycles. The third-order valence-electron chi connectivity index (χ3n) is 4.62. The summed E-state index contributed by atoms with van der Waals surface area (Å²) >= 11 is 0. The van der Waals surface area contributed by atoms with Gasteiger partial charge in [-0.2, -0.15) is 5.10 Å². The molecule has 1 aliphatic rings. The van der Waals surface area contributed by atoms with E-state index in [0.717, 1.165) is 0 Å². The van der Waals surface area contributed by atoms with E-state index in [-0.39, 0.29) is 24.6 Å². The highest BCUT2D eigenvalue weighted by atomic mass is 19.1. The van der Waals surface area contributed by atoms with Crippen LogP contribution in [0.5, 0.6) is 0 Å². The summed E-state index contributed by atoms with van der Waals surface area (Å²) in [5.41, 5.74) is 1.40. The van der Waals surface area contributed by atoms with Gasteiger partial charge in [-0.05, 0) is 29.8 Å². The van der Waals surface area contributed by atoms with Gasteiger partial charge >= 0.3 is 0 Å². The van der Waals surface area contributed by atoms with Gasteiger partial charge in [-0.15, -0.1) is 0 Å². The summed E-state index contributed by atoms with van der Waals surface area (Å²) in [7, 11) is 0. The number of aromatic amines is 1. The highest BCUT2D eigenvalue weighted by Crippen LogP contribution is 2.29. The van der Waals surface area contributed by atoms with Gasteiger partial charge < -0.3 is 10.2 Å². The third kappa shape index (κ3) is 3.24. The molecule has 1 saturated heterocycles. The molecule has 0 unspecified atom stereocenters. The van der Waals surface area contributed by atoms with Gasteiger partial charge in [0.2, 0.25) is 5.91 Å². The zero-order chi connectivity index (χ0) is 19.7. The quantitative estimate of drug-likeness (QED) is 0.731. The number of hydrogen-bond donors (Lipinski definition) is 2. The molecule has 28 heavy (non-hydrogen) atoms. The van der Waals surface area contributed by atoms with E-state index in [1.54, 1.807) is 12.1 Å². The lowest BCUT2D eigenvalue weighted by Crippen LogP contribution is -2.52. The maximum atomic E-state index is 13.7. The zero-order valence-corrected chi connectivity index (χ0v) is 14.7. The number of hydrogen-bond acceptors (Lipinski definition) is 3. The monoisotopic (exact) mass is 382 g/mol. The van der Waals surface area contributed by atoms with Crippen molar-refractivity contribution >= 4 is 11.8 Å². The van der Waals surface area contributed by atoms with Crippen LogP contribution in [0.2, 0.25) is 0 Å². The molecular formula is C20H16F2N4O2. The van der Waals surface area contributed by atoms with E-state index in [4.69, 9.17) is 0 Å². The van der Waals surface area contributed by atoms with Gasteiger partial charge in [-0.1, -0.05) is 24.3 Å². The van der Waals surface area contributed by atoms with Crippen molar-refractivity contribution in [2.75, 3.05) is 13.1 Å². The largest absolute Gasteiger partial charge is 0.352 e. The molecule has 0 radical (unpaired) electrons. The van der Waals surface area contributed by atoms with Crippen molar-refractivity contribution in [3.8, 4) is 11.3 Å². The average Bonchev–Trinajstić information content (AvgIpc) is 3.17. The Bertz CT molecular complexity index is 1050. The van der Waals surface area contributed by atoms with E-state index in [9.17, 15) is 18.4 Å². The number of aromatic nitrogens is 2. The van der Waals surface area contributed by atoms with Gasteiger partial charge in [0, 0.05) is 18.7 Å². The molecule has 3 aromatic rings. The van der Waals surface area contributed by atoms with Crippen molar-refractivity contribution in [3.05, 3.63) is 77.5 Å². The molecular weight excluding hydrogens is 366 g/mol. The minimum absolute atomic E-state index is 0.210. The van der Waals surface area contributed by atoms with E-state index in [1.165, 1.54) is 47.5 Å². The van der Waals surface area contributed by atoms with Crippen LogP contribution in [0.15, 0.2) is 54.7 Å². The van der Waals surface area contributed by atoms with Crippen molar-refractivity contribution < 1.29 is 18.4 Å². The molecule has 8 heteroatoms. The van der Waals surface area contributed by atoms with Crippen LogP contribution >= 0.6 is 0 Å². The lowest BCUT2D eigenvalue weighted by molar-refractivity contribution is -0.128. The number of nitrogens with one attached hydrogen (secondary N) is 2. The molecule has 1 atom stereocenters. The van der Waals surface area contributed by atoms with E-state index >= 15 is 0 Å². The predicted molar refractivity (Wildman–Crippen MR) is 97.2 cm³/mol. The number of rotatable bonds is 3. The molecule has 142 valence electrons. The highest BCUT2D eigenvalue weighted by Gasteiger charge is 2.36. The molecule has 1 aliphatic heterocycles. The third-order valence-corrected chi connectivity index (χ3v) is 4.62. The molecule has 2 aromatic carbocycles. The Morgan fingerprint density at radius 3 is 2.61 bits per heavy atom. The van der Waals surface area contributed by atoms with Gasteiger partial charge in [0.05, 0.1) is 17.5 Å². The average molecular weight is 382 g/mol. The Morgan fingerprint density at radius 1 is 1.11 bits per heavy atom. The Hall–Kier alpha value is -3.55. The summed E-state index contributed by atoms with van der Waals surface area (Å²) in [4.78, 5) is 27.1. The summed E-state index contributed by atoms with van der Waals surface area (Å²) < 4.78 is 27.3. The fourth-order valence-electron chi connectivity index (χ4n) is 3.36. The molecule has 1 aromatic heterocycles. The second-order valence-electron chi connectivity index (χ2n) is 6.42. The first-order valence-corrected chi connectivity index (χ1v) is 8.68. The number of nitrogens with zero attached hydrogens (tertiary/aromatic N) is 2. The first-order valence-electron chi connectivity index (χ1n) is 8.68. The number of carbonyl (C=O) groups is 2. The van der Waals surface area contributed by atoms with Crippen molar-refractivity contribution in [1.82, 2.24) is 20.4 Å². The molecule has 6 nitrogen and oxygen atoms in total. The number of benzene rings is 2. The first-order chi connectivity index (χ1) is 13.5. The molecule has 0 spiro atoms. The zero-order valence-electron chi connectivity index (χ0n) is 14.7. The van der Waals surface area contributed by atoms with Gasteiger partial charge in [0.15, 0.2) is 0 Å². The smallest absolute Gasteiger partial charge is 0.258 e. The molecule has 2 amide bonds. The van der Waals surface area contributed by atoms with Gasteiger partial charge in [0.1, 0.15) is 17.7 Å². The Morgan fingerprint density at radius 2 is 1.86 bits per heavy atom. The number of H-pyrrole nitrogens is 1. The second-order valence-corrected chi connectivity index (χ2v) is 6.42. The van der Waals surface area contributed by atoms with Crippen molar-refractivity contribution in [2.24, 2.45) is 0 Å². The predicted octanol–water partition coefficient (Wildman–Crippen LogP) is 2.67. The number of piperazine rings is 1. The van der Waals surface area contributed by atoms with Crippen LogP contribution in [-0.2, 0) is 4.79 Å². The van der Waals surface area contributed by atoms with E-state index < -0.39 is 23.6 Å². The standard InChI is InChI=1S/C20H16F2N4O2/c21-14-5-1-3-12(9-14)17-16(11-24-25-17)20(28)26-8-7-23-19(27)18(26)13-4-2-6-15(22)10-13/h1-6,9-11,18H,7-8H2,(H,23,27)(H,24,25)/t18-/m0/s1. The maximum absolute atomic E-state index is 13.7. The summed E-state index contributed by atoms with van der Waals surface area (Å²) in [6.45, 7) is 0.531. The van der Waals surface area contributed by atoms with Crippen molar-refractivity contribution in [3.63, 3.8) is 0 Å². The Labute approximate surface area is 159 Å². The first kappa shape index (κ1) is 17.8. The molecule has 0 bridgehead atoms. The van der Waals surface area contributed by atoms with Gasteiger partial charge in [-0.3, -0.25) is 14.7 Å². The number of halogens is 2. The molecule has 0 aliphatic carbocycles. The second kappa shape index (κ2) is 7.22. The van der Waals surface area contributed by atoms with Crippen LogP contribution < -0.4 is 5.32 Å². The number of carbonyl (C=O) groups excluding carboxylic acids is 2. The normalized spacial score (nSPS) is 16.7. The lowest BCUT2D eigenvalue weighted by atomic mass is 10.00. The van der Waals surface area contributed by atoms with E-state index in [1.807, 2.05) is 0 Å². The van der Waals surface area contributed by atoms with Crippen LogP contribution in [0, 0.1) is 11.6 Å². The van der Waals surface area contributed by atoms with Crippen LogP contribution in [0.4, 0.5) is 8.78 Å². The van der Waals surface area contributed by atoms with E-state index in [2.05, 4.69) is 15.5 Å². The van der Waals surface area contributed by atoms with Crippen LogP contribution in [-0.4, -0.2) is 40.0 Å². The van der Waals surface area contributed by atoms with Crippen LogP contribution in [0.3, 0.4) is 0 Å². The van der Waals surface area contributed by atoms with Gasteiger partial charge in [-0.25, -0.2) is 8.78 Å². The maximum Gasteiger partial charge on any atom is 0.258 e. The fraction of sp³-hybridized carbons (Fsp3) is 0.150. The Balaban J connectivity index is 1.73. The molecule has 2 N–H and O–H groups in total. The van der Waals surface area contributed by atoms with Crippen molar-refractivity contribution in [1.29, 1.82) is 0 Å². The van der Waals surface area contributed by atoms with Gasteiger partial charge in [0.25, 0.3) is 5.91 Å². The van der Waals surface area contributed by atoms with E-state index in [0.29, 0.717) is 16.8 Å². The summed E-state index contributed by atoms with van der Waals surface area (Å²) in [6.07, 6.45) is 1.34. The Kier molecular flexibility index (Phi) is 4.60. The number of amides is 2.